The first-order valence-corrected chi connectivity index (χ1v) is 9.20. The summed E-state index contributed by atoms with van der Waals surface area (Å²) < 4.78 is 10.8. The van der Waals surface area contributed by atoms with E-state index >= 15 is 0 Å². The van der Waals surface area contributed by atoms with Gasteiger partial charge in [0.05, 0.1) is 5.60 Å². The van der Waals surface area contributed by atoms with E-state index < -0.39 is 11.2 Å². The van der Waals surface area contributed by atoms with Crippen molar-refractivity contribution in [2.45, 2.75) is 37.7 Å². The van der Waals surface area contributed by atoms with Gasteiger partial charge in [0, 0.05) is 36.5 Å². The molecule has 1 saturated heterocycles. The fourth-order valence-corrected chi connectivity index (χ4v) is 4.16. The SMILES string of the molecule is O=C(COc1ccc2ccc(=O)oc2c1)N1CC[C@]2(O)CCCC[C@@H]2C1. The van der Waals surface area contributed by atoms with Gasteiger partial charge < -0.3 is 19.2 Å². The van der Waals surface area contributed by atoms with Gasteiger partial charge in [0.2, 0.25) is 0 Å². The lowest BCUT2D eigenvalue weighted by molar-refractivity contribution is -0.145. The third-order valence-electron chi connectivity index (χ3n) is 5.74. The Balaban J connectivity index is 1.39. The molecule has 1 aromatic heterocycles. The second-order valence-corrected chi connectivity index (χ2v) is 7.38. The molecule has 0 radical (unpaired) electrons. The molecule has 2 aliphatic rings. The number of rotatable bonds is 3. The van der Waals surface area contributed by atoms with Crippen molar-refractivity contribution in [1.29, 1.82) is 0 Å². The fraction of sp³-hybridized carbons (Fsp3) is 0.500. The van der Waals surface area contributed by atoms with Gasteiger partial charge in [0.1, 0.15) is 11.3 Å². The van der Waals surface area contributed by atoms with E-state index in [2.05, 4.69) is 0 Å². The van der Waals surface area contributed by atoms with Crippen molar-refractivity contribution >= 4 is 16.9 Å². The van der Waals surface area contributed by atoms with Crippen molar-refractivity contribution < 1.29 is 19.1 Å². The highest BCUT2D eigenvalue weighted by molar-refractivity contribution is 5.79. The lowest BCUT2D eigenvalue weighted by Gasteiger charge is -2.47. The highest BCUT2D eigenvalue weighted by Crippen LogP contribution is 2.39. The van der Waals surface area contributed by atoms with Crippen molar-refractivity contribution in [1.82, 2.24) is 4.90 Å². The van der Waals surface area contributed by atoms with Gasteiger partial charge in [-0.2, -0.15) is 0 Å². The Morgan fingerprint density at radius 3 is 3.00 bits per heavy atom. The molecule has 2 fully saturated rings. The molecular formula is C20H23NO5. The van der Waals surface area contributed by atoms with E-state index in [4.69, 9.17) is 9.15 Å². The number of carbonyl (C=O) groups excluding carboxylic acids is 1. The molecule has 0 bridgehead atoms. The number of amides is 1. The number of piperidine rings is 1. The van der Waals surface area contributed by atoms with E-state index in [-0.39, 0.29) is 18.4 Å². The summed E-state index contributed by atoms with van der Waals surface area (Å²) in [7, 11) is 0. The molecule has 6 nitrogen and oxygen atoms in total. The first kappa shape index (κ1) is 17.1. The summed E-state index contributed by atoms with van der Waals surface area (Å²) in [6, 6.07) is 8.23. The van der Waals surface area contributed by atoms with Crippen LogP contribution in [0.5, 0.6) is 5.75 Å². The van der Waals surface area contributed by atoms with Crippen LogP contribution in [0.15, 0.2) is 39.5 Å². The van der Waals surface area contributed by atoms with E-state index in [1.165, 1.54) is 6.07 Å². The van der Waals surface area contributed by atoms with Gasteiger partial charge >= 0.3 is 5.63 Å². The van der Waals surface area contributed by atoms with E-state index in [0.717, 1.165) is 31.1 Å². The Morgan fingerprint density at radius 2 is 2.12 bits per heavy atom. The smallest absolute Gasteiger partial charge is 0.336 e. The molecule has 1 N–H and O–H groups in total. The molecule has 2 atom stereocenters. The Labute approximate surface area is 151 Å². The summed E-state index contributed by atoms with van der Waals surface area (Å²) in [5.74, 6) is 0.586. The number of benzene rings is 1. The largest absolute Gasteiger partial charge is 0.484 e. The standard InChI is InChI=1S/C20H23NO5/c22-18(21-10-9-20(24)8-2-1-3-15(20)12-21)13-25-16-6-4-14-5-7-19(23)26-17(14)11-16/h4-7,11,15,24H,1-3,8-10,12-13H2/t15-,20-/m1/s1. The van der Waals surface area contributed by atoms with Gasteiger partial charge in [-0.05, 0) is 37.5 Å². The van der Waals surface area contributed by atoms with Crippen LogP contribution in [0.2, 0.25) is 0 Å². The average molecular weight is 357 g/mol. The highest BCUT2D eigenvalue weighted by atomic mass is 16.5. The molecule has 4 rings (SSSR count). The maximum atomic E-state index is 12.5. The molecule has 26 heavy (non-hydrogen) atoms. The number of fused-ring (bicyclic) bond motifs is 2. The number of aliphatic hydroxyl groups is 1. The topological polar surface area (TPSA) is 80.0 Å². The lowest BCUT2D eigenvalue weighted by atomic mass is 9.71. The average Bonchev–Trinajstić information content (AvgIpc) is 2.65. The number of hydrogen-bond acceptors (Lipinski definition) is 5. The number of likely N-dealkylation sites (tertiary alicyclic amines) is 1. The summed E-state index contributed by atoms with van der Waals surface area (Å²) >= 11 is 0. The minimum atomic E-state index is -0.591. The molecule has 1 aliphatic carbocycles. The van der Waals surface area contributed by atoms with Gasteiger partial charge in [-0.15, -0.1) is 0 Å². The van der Waals surface area contributed by atoms with Crippen molar-refractivity contribution in [3.63, 3.8) is 0 Å². The number of nitrogens with zero attached hydrogens (tertiary/aromatic N) is 1. The predicted octanol–water partition coefficient (Wildman–Crippen LogP) is 2.33. The first-order chi connectivity index (χ1) is 12.5. The minimum Gasteiger partial charge on any atom is -0.484 e. The van der Waals surface area contributed by atoms with Crippen LogP contribution in [0, 0.1) is 5.92 Å². The summed E-state index contributed by atoms with van der Waals surface area (Å²) in [6.07, 6.45) is 4.66. The third-order valence-corrected chi connectivity index (χ3v) is 5.74. The van der Waals surface area contributed by atoms with Crippen LogP contribution in [0.25, 0.3) is 11.0 Å². The van der Waals surface area contributed by atoms with Gasteiger partial charge in [0.15, 0.2) is 6.61 Å². The second-order valence-electron chi connectivity index (χ2n) is 7.38. The fourth-order valence-electron chi connectivity index (χ4n) is 4.16. The molecule has 138 valence electrons. The molecule has 1 aliphatic heterocycles. The zero-order valence-electron chi connectivity index (χ0n) is 14.6. The van der Waals surface area contributed by atoms with E-state index in [1.807, 2.05) is 0 Å². The Kier molecular flexibility index (Phi) is 4.44. The maximum absolute atomic E-state index is 12.5. The highest BCUT2D eigenvalue weighted by Gasteiger charge is 2.43. The number of ether oxygens (including phenoxy) is 1. The van der Waals surface area contributed by atoms with Crippen LogP contribution in [-0.4, -0.2) is 41.2 Å². The van der Waals surface area contributed by atoms with Crippen LogP contribution in [0.4, 0.5) is 0 Å². The zero-order chi connectivity index (χ0) is 18.1. The van der Waals surface area contributed by atoms with Crippen LogP contribution in [0.3, 0.4) is 0 Å². The Bertz CT molecular complexity index is 876. The summed E-state index contributed by atoms with van der Waals surface area (Å²) in [6.45, 7) is 1.11. The first-order valence-electron chi connectivity index (χ1n) is 9.20. The summed E-state index contributed by atoms with van der Waals surface area (Å²) in [5.41, 5.74) is -0.571. The zero-order valence-corrected chi connectivity index (χ0v) is 14.6. The number of hydrogen-bond donors (Lipinski definition) is 1. The minimum absolute atomic E-state index is 0.0618. The van der Waals surface area contributed by atoms with Crippen LogP contribution in [-0.2, 0) is 4.79 Å². The molecule has 1 saturated carbocycles. The lowest BCUT2D eigenvalue weighted by Crippen LogP contribution is -2.55. The van der Waals surface area contributed by atoms with Crippen molar-refractivity contribution in [3.8, 4) is 5.75 Å². The molecule has 1 amide bonds. The van der Waals surface area contributed by atoms with E-state index in [0.29, 0.717) is 30.8 Å². The Morgan fingerprint density at radius 1 is 1.27 bits per heavy atom. The van der Waals surface area contributed by atoms with Crippen LogP contribution in [0.1, 0.15) is 32.1 Å². The van der Waals surface area contributed by atoms with Crippen LogP contribution >= 0.6 is 0 Å². The van der Waals surface area contributed by atoms with Gasteiger partial charge in [0.25, 0.3) is 5.91 Å². The molecule has 6 heteroatoms. The number of carbonyl (C=O) groups is 1. The molecular weight excluding hydrogens is 334 g/mol. The monoisotopic (exact) mass is 357 g/mol. The molecule has 1 aromatic carbocycles. The van der Waals surface area contributed by atoms with Gasteiger partial charge in [-0.1, -0.05) is 12.8 Å². The quantitative estimate of drug-likeness (QED) is 0.853. The predicted molar refractivity (Wildman–Crippen MR) is 96.1 cm³/mol. The van der Waals surface area contributed by atoms with E-state index in [9.17, 15) is 14.7 Å². The van der Waals surface area contributed by atoms with Gasteiger partial charge in [-0.25, -0.2) is 4.79 Å². The summed E-state index contributed by atoms with van der Waals surface area (Å²) in [5, 5.41) is 11.5. The second kappa shape index (κ2) is 6.76. The van der Waals surface area contributed by atoms with Gasteiger partial charge in [-0.3, -0.25) is 4.79 Å². The molecule has 2 heterocycles. The third kappa shape index (κ3) is 3.33. The van der Waals surface area contributed by atoms with Crippen molar-refractivity contribution in [2.75, 3.05) is 19.7 Å². The van der Waals surface area contributed by atoms with E-state index in [1.54, 1.807) is 29.2 Å². The molecule has 2 aromatic rings. The normalized spacial score (nSPS) is 25.7. The molecule has 0 spiro atoms. The van der Waals surface area contributed by atoms with Crippen molar-refractivity contribution in [2.24, 2.45) is 5.92 Å². The maximum Gasteiger partial charge on any atom is 0.336 e. The van der Waals surface area contributed by atoms with Crippen molar-refractivity contribution in [3.05, 3.63) is 40.8 Å². The van der Waals surface area contributed by atoms with Crippen LogP contribution < -0.4 is 10.4 Å². The Hall–Kier alpha value is -2.34. The molecule has 0 unspecified atom stereocenters. The summed E-state index contributed by atoms with van der Waals surface area (Å²) in [4.78, 5) is 25.6.